The molecule has 2 amide bonds. The van der Waals surface area contributed by atoms with Gasteiger partial charge in [-0.1, -0.05) is 53.0 Å². The second kappa shape index (κ2) is 11.5. The monoisotopic (exact) mass is 605 g/mol. The number of carbonyl (C=O) groups is 2. The first-order chi connectivity index (χ1) is 17.9. The van der Waals surface area contributed by atoms with Gasteiger partial charge >= 0.3 is 0 Å². The molecule has 4 aromatic rings. The standard InChI is InChI=1S/C27H22Cl3N3O3S2/c1-27(2,3)33-25(35)24-22(30)16-7-5-9-18(23(16)38-24)31-26(37)32-20(34)13-11-14-10-12-19(36-14)15-6-4-8-17(28)21(15)29/h4-13H,1-3H3,(H,33,35)(H2,31,32,34,37)/b13-11+. The summed E-state index contributed by atoms with van der Waals surface area (Å²) in [5.74, 6) is 0.259. The highest BCUT2D eigenvalue weighted by atomic mass is 35.5. The SMILES string of the molecule is CC(C)(C)NC(=O)c1sc2c(NC(=S)NC(=O)/C=C/c3ccc(-c4cccc(Cl)c4Cl)o3)cccc2c1Cl. The van der Waals surface area contributed by atoms with E-state index in [2.05, 4.69) is 16.0 Å². The molecule has 0 saturated heterocycles. The first-order valence-electron chi connectivity index (χ1n) is 11.3. The number of anilines is 1. The lowest BCUT2D eigenvalue weighted by molar-refractivity contribution is -0.115. The summed E-state index contributed by atoms with van der Waals surface area (Å²) in [6.45, 7) is 5.69. The van der Waals surface area contributed by atoms with E-state index >= 15 is 0 Å². The van der Waals surface area contributed by atoms with Crippen molar-refractivity contribution in [3.8, 4) is 11.3 Å². The van der Waals surface area contributed by atoms with Crippen LogP contribution in [0.3, 0.4) is 0 Å². The van der Waals surface area contributed by atoms with Gasteiger partial charge in [-0.2, -0.15) is 0 Å². The lowest BCUT2D eigenvalue weighted by Crippen LogP contribution is -2.40. The molecule has 6 nitrogen and oxygen atoms in total. The van der Waals surface area contributed by atoms with Crippen LogP contribution < -0.4 is 16.0 Å². The number of halogens is 3. The van der Waals surface area contributed by atoms with Crippen LogP contribution in [0.1, 0.15) is 36.2 Å². The average Bonchev–Trinajstić information content (AvgIpc) is 3.44. The van der Waals surface area contributed by atoms with Crippen molar-refractivity contribution >= 4 is 97.1 Å². The minimum absolute atomic E-state index is 0.0863. The number of fused-ring (bicyclic) bond motifs is 1. The van der Waals surface area contributed by atoms with Crippen LogP contribution >= 0.6 is 58.4 Å². The van der Waals surface area contributed by atoms with Crippen molar-refractivity contribution < 1.29 is 14.0 Å². The van der Waals surface area contributed by atoms with Crippen molar-refractivity contribution in [2.45, 2.75) is 26.3 Å². The number of furan rings is 1. The fraction of sp³-hybridized carbons (Fsp3) is 0.148. The molecule has 0 aliphatic carbocycles. The molecule has 3 N–H and O–H groups in total. The Morgan fingerprint density at radius 1 is 1.00 bits per heavy atom. The van der Waals surface area contributed by atoms with Crippen molar-refractivity contribution in [1.29, 1.82) is 0 Å². The van der Waals surface area contributed by atoms with Crippen molar-refractivity contribution in [3.63, 3.8) is 0 Å². The van der Waals surface area contributed by atoms with Crippen molar-refractivity contribution in [1.82, 2.24) is 10.6 Å². The maximum absolute atomic E-state index is 12.7. The summed E-state index contributed by atoms with van der Waals surface area (Å²) in [6.07, 6.45) is 2.81. The van der Waals surface area contributed by atoms with Gasteiger partial charge in [0.15, 0.2) is 5.11 Å². The van der Waals surface area contributed by atoms with E-state index in [0.29, 0.717) is 48.1 Å². The first kappa shape index (κ1) is 28.1. The van der Waals surface area contributed by atoms with E-state index in [4.69, 9.17) is 51.4 Å². The maximum atomic E-state index is 12.7. The predicted octanol–water partition coefficient (Wildman–Crippen LogP) is 8.18. The number of thiocarbonyl (C=S) groups is 1. The molecule has 0 radical (unpaired) electrons. The topological polar surface area (TPSA) is 83.4 Å². The first-order valence-corrected chi connectivity index (χ1v) is 13.7. The largest absolute Gasteiger partial charge is 0.457 e. The molecule has 0 fully saturated rings. The van der Waals surface area contributed by atoms with E-state index in [1.165, 1.54) is 23.5 Å². The van der Waals surface area contributed by atoms with Crippen LogP contribution in [-0.2, 0) is 4.79 Å². The number of rotatable bonds is 5. The molecular weight excluding hydrogens is 585 g/mol. The lowest BCUT2D eigenvalue weighted by atomic mass is 10.1. The maximum Gasteiger partial charge on any atom is 0.263 e. The summed E-state index contributed by atoms with van der Waals surface area (Å²) in [7, 11) is 0. The summed E-state index contributed by atoms with van der Waals surface area (Å²) in [5.41, 5.74) is 0.861. The molecule has 2 aromatic heterocycles. The van der Waals surface area contributed by atoms with Gasteiger partial charge in [0.1, 0.15) is 16.4 Å². The van der Waals surface area contributed by atoms with Crippen molar-refractivity contribution in [3.05, 3.63) is 80.3 Å². The zero-order chi connectivity index (χ0) is 27.6. The zero-order valence-electron chi connectivity index (χ0n) is 20.4. The molecule has 0 aliphatic rings. The van der Waals surface area contributed by atoms with Gasteiger partial charge in [0, 0.05) is 22.6 Å². The van der Waals surface area contributed by atoms with Crippen LogP contribution in [0.25, 0.3) is 27.5 Å². The number of benzene rings is 2. The highest BCUT2D eigenvalue weighted by molar-refractivity contribution is 7.80. The summed E-state index contributed by atoms with van der Waals surface area (Å²) < 4.78 is 6.51. The molecule has 11 heteroatoms. The van der Waals surface area contributed by atoms with Crippen LogP contribution in [0.2, 0.25) is 15.1 Å². The van der Waals surface area contributed by atoms with E-state index in [9.17, 15) is 9.59 Å². The number of carbonyl (C=O) groups excluding carboxylic acids is 2. The Balaban J connectivity index is 1.43. The number of hydrogen-bond acceptors (Lipinski definition) is 5. The Kier molecular flexibility index (Phi) is 8.49. The molecule has 0 spiro atoms. The number of nitrogens with one attached hydrogen (secondary N) is 3. The van der Waals surface area contributed by atoms with E-state index in [1.54, 1.807) is 42.5 Å². The summed E-state index contributed by atoms with van der Waals surface area (Å²) >= 11 is 25.4. The number of thiophene rings is 1. The van der Waals surface area contributed by atoms with Gasteiger partial charge in [-0.15, -0.1) is 11.3 Å². The molecule has 2 aromatic carbocycles. The summed E-state index contributed by atoms with van der Waals surface area (Å²) in [6, 6.07) is 14.1. The van der Waals surface area contributed by atoms with Crippen LogP contribution in [0, 0.1) is 0 Å². The molecule has 0 aliphatic heterocycles. The third kappa shape index (κ3) is 6.57. The number of amides is 2. The molecule has 196 valence electrons. The highest BCUT2D eigenvalue weighted by Gasteiger charge is 2.22. The second-order valence-corrected chi connectivity index (χ2v) is 11.8. The van der Waals surface area contributed by atoms with E-state index in [0.717, 1.165) is 4.70 Å². The highest BCUT2D eigenvalue weighted by Crippen LogP contribution is 2.39. The van der Waals surface area contributed by atoms with Gasteiger partial charge in [0.25, 0.3) is 5.91 Å². The quantitative estimate of drug-likeness (QED) is 0.158. The van der Waals surface area contributed by atoms with Gasteiger partial charge in [-0.05, 0) is 69.4 Å². The second-order valence-electron chi connectivity index (χ2n) is 9.21. The molecule has 4 rings (SSSR count). The van der Waals surface area contributed by atoms with Crippen molar-refractivity contribution in [2.24, 2.45) is 0 Å². The van der Waals surface area contributed by atoms with Gasteiger partial charge in [0.2, 0.25) is 5.91 Å². The minimum Gasteiger partial charge on any atom is -0.457 e. The molecular formula is C27H22Cl3N3O3S2. The zero-order valence-corrected chi connectivity index (χ0v) is 24.3. The predicted molar refractivity (Wildman–Crippen MR) is 162 cm³/mol. The van der Waals surface area contributed by atoms with Crippen LogP contribution in [0.15, 0.2) is 59.0 Å². The Hall–Kier alpha value is -2.88. The van der Waals surface area contributed by atoms with Gasteiger partial charge in [-0.25, -0.2) is 0 Å². The summed E-state index contributed by atoms with van der Waals surface area (Å²) in [5, 5.41) is 10.5. The normalized spacial score (nSPS) is 11.6. The Labute approximate surface area is 243 Å². The Morgan fingerprint density at radius 2 is 1.74 bits per heavy atom. The smallest absolute Gasteiger partial charge is 0.263 e. The summed E-state index contributed by atoms with van der Waals surface area (Å²) in [4.78, 5) is 25.6. The molecule has 0 saturated carbocycles. The van der Waals surface area contributed by atoms with Gasteiger partial charge in [0.05, 0.1) is 25.5 Å². The van der Waals surface area contributed by atoms with Gasteiger partial charge in [-0.3, -0.25) is 14.9 Å². The molecule has 0 unspecified atom stereocenters. The van der Waals surface area contributed by atoms with Gasteiger partial charge < -0.3 is 15.1 Å². The fourth-order valence-electron chi connectivity index (χ4n) is 3.48. The minimum atomic E-state index is -0.456. The molecule has 0 bridgehead atoms. The number of hydrogen-bond donors (Lipinski definition) is 3. The van der Waals surface area contributed by atoms with E-state index < -0.39 is 11.4 Å². The Morgan fingerprint density at radius 3 is 2.47 bits per heavy atom. The third-order valence-corrected chi connectivity index (χ3v) is 7.84. The average molecular weight is 607 g/mol. The lowest BCUT2D eigenvalue weighted by Gasteiger charge is -2.19. The molecule has 2 heterocycles. The Bertz CT molecular complexity index is 1590. The van der Waals surface area contributed by atoms with Crippen LogP contribution in [-0.4, -0.2) is 22.5 Å². The van der Waals surface area contributed by atoms with E-state index in [-0.39, 0.29) is 11.0 Å². The van der Waals surface area contributed by atoms with Crippen molar-refractivity contribution in [2.75, 3.05) is 5.32 Å². The third-order valence-electron chi connectivity index (χ3n) is 5.08. The fourth-order valence-corrected chi connectivity index (χ4v) is 5.55. The van der Waals surface area contributed by atoms with Crippen LogP contribution in [0.5, 0.6) is 0 Å². The van der Waals surface area contributed by atoms with Crippen LogP contribution in [0.4, 0.5) is 5.69 Å². The van der Waals surface area contributed by atoms with E-state index in [1.807, 2.05) is 26.8 Å². The molecule has 38 heavy (non-hydrogen) atoms. The molecule has 0 atom stereocenters.